The van der Waals surface area contributed by atoms with Gasteiger partial charge in [0.05, 0.1) is 0 Å². The number of amides is 2. The number of urea groups is 1. The summed E-state index contributed by atoms with van der Waals surface area (Å²) >= 11 is 1.86. The maximum atomic E-state index is 11.4. The summed E-state index contributed by atoms with van der Waals surface area (Å²) in [6.07, 6.45) is 3.41. The van der Waals surface area contributed by atoms with E-state index in [0.29, 0.717) is 6.54 Å². The van der Waals surface area contributed by atoms with Gasteiger partial charge < -0.3 is 10.6 Å². The number of hydrogen-bond acceptors (Lipinski definition) is 2. The highest BCUT2D eigenvalue weighted by atomic mass is 32.2. The molecular weight excluding hydrogens is 292 g/mol. The lowest BCUT2D eigenvalue weighted by Gasteiger charge is -2.07. The Kier molecular flexibility index (Phi) is 18.8. The highest BCUT2D eigenvalue weighted by Gasteiger charge is 2.00. The number of thioether (sulfide) groups is 1. The van der Waals surface area contributed by atoms with Crippen LogP contribution in [0.4, 0.5) is 10.5 Å². The Morgan fingerprint density at radius 3 is 2.09 bits per heavy atom. The molecule has 0 aromatic heterocycles. The average Bonchev–Trinajstić information content (AvgIpc) is 2.58. The zero-order chi connectivity index (χ0) is 17.2. The predicted octanol–water partition coefficient (Wildman–Crippen LogP) is 6.16. The predicted molar refractivity (Wildman–Crippen MR) is 102 cm³/mol. The van der Waals surface area contributed by atoms with Crippen LogP contribution in [-0.4, -0.2) is 18.3 Å². The molecule has 0 radical (unpaired) electrons. The van der Waals surface area contributed by atoms with Crippen LogP contribution in [0.5, 0.6) is 0 Å². The summed E-state index contributed by atoms with van der Waals surface area (Å²) < 4.78 is 0. The van der Waals surface area contributed by atoms with E-state index in [1.165, 1.54) is 17.7 Å². The first-order chi connectivity index (χ1) is 10.8. The van der Waals surface area contributed by atoms with Crippen molar-refractivity contribution >= 4 is 23.5 Å². The summed E-state index contributed by atoms with van der Waals surface area (Å²) in [5.41, 5.74) is 0.837. The molecule has 0 spiro atoms. The van der Waals surface area contributed by atoms with Crippen LogP contribution in [0.25, 0.3) is 0 Å². The number of carbonyl (C=O) groups is 1. The number of carbonyl (C=O) groups excluding carboxylic acids is 1. The molecule has 128 valence electrons. The Morgan fingerprint density at radius 2 is 1.59 bits per heavy atom. The van der Waals surface area contributed by atoms with Gasteiger partial charge in [-0.1, -0.05) is 48.0 Å². The lowest BCUT2D eigenvalue weighted by atomic mass is 10.3. The van der Waals surface area contributed by atoms with Gasteiger partial charge in [0, 0.05) is 17.1 Å². The molecule has 0 heterocycles. The van der Waals surface area contributed by atoms with Crippen LogP contribution in [0.3, 0.4) is 0 Å². The van der Waals surface area contributed by atoms with E-state index in [9.17, 15) is 4.79 Å². The molecule has 0 aliphatic carbocycles. The molecule has 3 nitrogen and oxygen atoms in total. The largest absolute Gasteiger partial charge is 0.338 e. The van der Waals surface area contributed by atoms with E-state index in [1.54, 1.807) is 0 Å². The fourth-order valence-corrected chi connectivity index (χ4v) is 2.38. The zero-order valence-corrected chi connectivity index (χ0v) is 16.0. The highest BCUT2D eigenvalue weighted by molar-refractivity contribution is 7.99. The molecule has 1 aromatic carbocycles. The summed E-state index contributed by atoms with van der Waals surface area (Å²) in [5.74, 6) is 1.15. The van der Waals surface area contributed by atoms with E-state index in [0.717, 1.165) is 17.9 Å². The quantitative estimate of drug-likeness (QED) is 0.465. The van der Waals surface area contributed by atoms with E-state index in [-0.39, 0.29) is 6.03 Å². The van der Waals surface area contributed by atoms with E-state index >= 15 is 0 Å². The van der Waals surface area contributed by atoms with Crippen molar-refractivity contribution in [3.05, 3.63) is 24.3 Å². The molecule has 0 aliphatic rings. The number of hydrogen-bond donors (Lipinski definition) is 2. The van der Waals surface area contributed by atoms with Gasteiger partial charge in [-0.2, -0.15) is 0 Å². The molecule has 0 atom stereocenters. The zero-order valence-electron chi connectivity index (χ0n) is 15.2. The second-order valence-electron chi connectivity index (χ2n) is 4.11. The van der Waals surface area contributed by atoms with Crippen molar-refractivity contribution in [3.8, 4) is 0 Å². The van der Waals surface area contributed by atoms with Crippen LogP contribution in [-0.2, 0) is 0 Å². The molecule has 0 unspecified atom stereocenters. The van der Waals surface area contributed by atoms with Gasteiger partial charge in [0.1, 0.15) is 0 Å². The van der Waals surface area contributed by atoms with Crippen molar-refractivity contribution in [1.29, 1.82) is 0 Å². The minimum atomic E-state index is -0.136. The molecule has 2 N–H and O–H groups in total. The van der Waals surface area contributed by atoms with Gasteiger partial charge >= 0.3 is 6.03 Å². The maximum Gasteiger partial charge on any atom is 0.319 e. The first kappa shape index (κ1) is 23.1. The molecule has 22 heavy (non-hydrogen) atoms. The molecule has 1 rings (SSSR count). The Bertz CT molecular complexity index is 353. The monoisotopic (exact) mass is 326 g/mol. The van der Waals surface area contributed by atoms with Crippen LogP contribution in [0.15, 0.2) is 29.2 Å². The lowest BCUT2D eigenvalue weighted by molar-refractivity contribution is 0.252. The van der Waals surface area contributed by atoms with Crippen LogP contribution in [0, 0.1) is 0 Å². The molecule has 4 heteroatoms. The van der Waals surface area contributed by atoms with Gasteiger partial charge in [0.25, 0.3) is 0 Å². The first-order valence-corrected chi connectivity index (χ1v) is 9.52. The van der Waals surface area contributed by atoms with E-state index in [2.05, 4.69) is 29.7 Å². The normalized spacial score (nSPS) is 8.82. The Labute approximate surface area is 141 Å². The standard InChI is InChI=1S/C14H22N2OS.2C2H6/c1-3-5-11-18-13-8-6-12(7-9-13)16-14(17)15-10-4-2;2*1-2/h6-9H,3-5,10-11H2,1-2H3,(H2,15,16,17);2*1-2H3. The summed E-state index contributed by atoms with van der Waals surface area (Å²) in [6.45, 7) is 12.9. The lowest BCUT2D eigenvalue weighted by Crippen LogP contribution is -2.29. The van der Waals surface area contributed by atoms with Gasteiger partial charge in [-0.05, 0) is 42.9 Å². The molecule has 0 bridgehead atoms. The fraction of sp³-hybridized carbons (Fsp3) is 0.611. The molecule has 0 aliphatic heterocycles. The van der Waals surface area contributed by atoms with Gasteiger partial charge in [0.2, 0.25) is 0 Å². The number of rotatable bonds is 7. The minimum Gasteiger partial charge on any atom is -0.338 e. The van der Waals surface area contributed by atoms with Crippen molar-refractivity contribution < 1.29 is 4.79 Å². The van der Waals surface area contributed by atoms with E-state index < -0.39 is 0 Å². The number of benzene rings is 1. The Balaban J connectivity index is 0. The summed E-state index contributed by atoms with van der Waals surface area (Å²) in [7, 11) is 0. The van der Waals surface area contributed by atoms with Crippen LogP contribution in [0.2, 0.25) is 0 Å². The van der Waals surface area contributed by atoms with E-state index in [4.69, 9.17) is 0 Å². The molecule has 1 aromatic rings. The smallest absolute Gasteiger partial charge is 0.319 e. The average molecular weight is 327 g/mol. The maximum absolute atomic E-state index is 11.4. The Morgan fingerprint density at radius 1 is 1.00 bits per heavy atom. The molecule has 0 saturated heterocycles. The topological polar surface area (TPSA) is 41.1 Å². The van der Waals surface area contributed by atoms with Crippen LogP contribution >= 0.6 is 11.8 Å². The molecular formula is C18H34N2OS. The SMILES string of the molecule is CC.CC.CCCCSc1ccc(NC(=O)NCCC)cc1. The van der Waals surface area contributed by atoms with Gasteiger partial charge in [-0.15, -0.1) is 11.8 Å². The fourth-order valence-electron chi connectivity index (χ4n) is 1.38. The summed E-state index contributed by atoms with van der Waals surface area (Å²) in [5, 5.41) is 5.59. The number of unbranched alkanes of at least 4 members (excludes halogenated alkanes) is 1. The second kappa shape index (κ2) is 17.9. The van der Waals surface area contributed by atoms with Crippen molar-refractivity contribution in [2.24, 2.45) is 0 Å². The van der Waals surface area contributed by atoms with Gasteiger partial charge in [0.15, 0.2) is 0 Å². The van der Waals surface area contributed by atoms with Crippen LogP contribution < -0.4 is 10.6 Å². The molecule has 0 saturated carbocycles. The van der Waals surface area contributed by atoms with Gasteiger partial charge in [-0.3, -0.25) is 0 Å². The highest BCUT2D eigenvalue weighted by Crippen LogP contribution is 2.21. The third kappa shape index (κ3) is 12.6. The Hall–Kier alpha value is -1.16. The van der Waals surface area contributed by atoms with Gasteiger partial charge in [-0.25, -0.2) is 4.79 Å². The van der Waals surface area contributed by atoms with Crippen molar-refractivity contribution in [1.82, 2.24) is 5.32 Å². The van der Waals surface area contributed by atoms with E-state index in [1.807, 2.05) is 58.5 Å². The minimum absolute atomic E-state index is 0.136. The van der Waals surface area contributed by atoms with Crippen molar-refractivity contribution in [2.75, 3.05) is 17.6 Å². The number of anilines is 1. The van der Waals surface area contributed by atoms with Crippen LogP contribution in [0.1, 0.15) is 60.8 Å². The summed E-state index contributed by atoms with van der Waals surface area (Å²) in [6, 6.07) is 7.86. The second-order valence-corrected chi connectivity index (χ2v) is 5.28. The molecule has 2 amide bonds. The summed E-state index contributed by atoms with van der Waals surface area (Å²) in [4.78, 5) is 12.7. The third-order valence-corrected chi connectivity index (χ3v) is 3.51. The number of nitrogens with one attached hydrogen (secondary N) is 2. The third-order valence-electron chi connectivity index (χ3n) is 2.41. The van der Waals surface area contributed by atoms with Crippen molar-refractivity contribution in [3.63, 3.8) is 0 Å². The van der Waals surface area contributed by atoms with Crippen molar-refractivity contribution in [2.45, 2.75) is 65.7 Å². The first-order valence-electron chi connectivity index (χ1n) is 8.54. The molecule has 0 fully saturated rings.